The van der Waals surface area contributed by atoms with Gasteiger partial charge in [0.05, 0.1) is 32.5 Å². The summed E-state index contributed by atoms with van der Waals surface area (Å²) in [4.78, 5) is 22.1. The van der Waals surface area contributed by atoms with E-state index < -0.39 is 10.8 Å². The summed E-state index contributed by atoms with van der Waals surface area (Å²) in [5.74, 6) is -0.416. The molecule has 0 atom stereocenters. The zero-order valence-corrected chi connectivity index (χ0v) is 12.4. The molecule has 0 spiro atoms. The fourth-order valence-corrected chi connectivity index (χ4v) is 1.94. The van der Waals surface area contributed by atoms with Crippen LogP contribution < -0.4 is 5.32 Å². The van der Waals surface area contributed by atoms with Crippen LogP contribution in [0.2, 0.25) is 10.0 Å². The first-order valence-corrected chi connectivity index (χ1v) is 6.56. The number of anilines is 1. The molecule has 21 heavy (non-hydrogen) atoms. The Morgan fingerprint density at radius 2 is 2.14 bits per heavy atom. The normalized spacial score (nSPS) is 10.4. The molecule has 9 heteroatoms. The number of nitrogens with one attached hydrogen (secondary N) is 1. The summed E-state index contributed by atoms with van der Waals surface area (Å²) < 4.78 is 1.42. The molecule has 2 rings (SSSR count). The van der Waals surface area contributed by atoms with Crippen molar-refractivity contribution in [3.8, 4) is 0 Å². The van der Waals surface area contributed by atoms with Gasteiger partial charge in [0, 0.05) is 12.1 Å². The van der Waals surface area contributed by atoms with Gasteiger partial charge in [-0.2, -0.15) is 5.10 Å². The van der Waals surface area contributed by atoms with Crippen molar-refractivity contribution in [2.24, 2.45) is 0 Å². The molecule has 1 N–H and O–H groups in total. The number of halogens is 2. The highest BCUT2D eigenvalue weighted by molar-refractivity contribution is 6.33. The van der Waals surface area contributed by atoms with Crippen molar-refractivity contribution in [2.45, 2.75) is 13.5 Å². The molecular weight excluding hydrogens is 319 g/mol. The first kappa shape index (κ1) is 15.3. The molecule has 0 saturated heterocycles. The van der Waals surface area contributed by atoms with Crippen LogP contribution in [-0.2, 0) is 11.3 Å². The van der Waals surface area contributed by atoms with Crippen molar-refractivity contribution in [3.63, 3.8) is 0 Å². The zero-order chi connectivity index (χ0) is 15.6. The SMILES string of the molecule is Cc1c(Cl)cnn1CC(=O)Nc1cc([N+](=O)[O-])ccc1Cl. The van der Waals surface area contributed by atoms with E-state index in [2.05, 4.69) is 10.4 Å². The van der Waals surface area contributed by atoms with E-state index in [1.54, 1.807) is 6.92 Å². The van der Waals surface area contributed by atoms with Crippen molar-refractivity contribution >= 4 is 40.5 Å². The van der Waals surface area contributed by atoms with Crippen molar-refractivity contribution in [2.75, 3.05) is 5.32 Å². The van der Waals surface area contributed by atoms with Crippen molar-refractivity contribution < 1.29 is 9.72 Å². The first-order valence-electron chi connectivity index (χ1n) is 5.80. The lowest BCUT2D eigenvalue weighted by Crippen LogP contribution is -2.20. The number of non-ortho nitro benzene ring substituents is 1. The van der Waals surface area contributed by atoms with E-state index >= 15 is 0 Å². The summed E-state index contributed by atoms with van der Waals surface area (Å²) in [5.41, 5.74) is 0.664. The quantitative estimate of drug-likeness (QED) is 0.689. The summed E-state index contributed by atoms with van der Waals surface area (Å²) in [6.45, 7) is 1.65. The molecule has 7 nitrogen and oxygen atoms in total. The molecule has 1 aromatic carbocycles. The number of benzene rings is 1. The second kappa shape index (κ2) is 6.11. The summed E-state index contributed by atoms with van der Waals surface area (Å²) in [5, 5.41) is 17.8. The Kier molecular flexibility index (Phi) is 4.44. The van der Waals surface area contributed by atoms with Gasteiger partial charge in [-0.25, -0.2) is 0 Å². The third-order valence-electron chi connectivity index (χ3n) is 2.77. The Labute approximate surface area is 129 Å². The number of nitro groups is 1. The van der Waals surface area contributed by atoms with Crippen molar-refractivity contribution in [1.29, 1.82) is 0 Å². The van der Waals surface area contributed by atoms with E-state index in [9.17, 15) is 14.9 Å². The van der Waals surface area contributed by atoms with E-state index in [1.807, 2.05) is 0 Å². The first-order chi connectivity index (χ1) is 9.88. The number of carbonyl (C=O) groups excluding carboxylic acids is 1. The molecule has 0 aliphatic carbocycles. The van der Waals surface area contributed by atoms with Gasteiger partial charge in [-0.15, -0.1) is 0 Å². The van der Waals surface area contributed by atoms with Gasteiger partial charge in [0.25, 0.3) is 5.69 Å². The summed E-state index contributed by atoms with van der Waals surface area (Å²) >= 11 is 11.7. The molecule has 0 unspecified atom stereocenters. The second-order valence-corrected chi connectivity index (χ2v) is 5.02. The molecule has 0 bridgehead atoms. The number of carbonyl (C=O) groups is 1. The van der Waals surface area contributed by atoms with Crippen molar-refractivity contribution in [3.05, 3.63) is 50.2 Å². The molecule has 1 heterocycles. The van der Waals surface area contributed by atoms with E-state index in [4.69, 9.17) is 23.2 Å². The Hall–Kier alpha value is -2.12. The van der Waals surface area contributed by atoms with Crippen LogP contribution in [0, 0.1) is 17.0 Å². The summed E-state index contributed by atoms with van der Waals surface area (Å²) in [7, 11) is 0. The molecular formula is C12H10Cl2N4O3. The monoisotopic (exact) mass is 328 g/mol. The van der Waals surface area contributed by atoms with Gasteiger partial charge in [-0.05, 0) is 13.0 Å². The lowest BCUT2D eigenvalue weighted by molar-refractivity contribution is -0.384. The van der Waals surface area contributed by atoms with Gasteiger partial charge < -0.3 is 5.32 Å². The van der Waals surface area contributed by atoms with Gasteiger partial charge in [0.1, 0.15) is 6.54 Å². The minimum absolute atomic E-state index is 0.0719. The Morgan fingerprint density at radius 1 is 1.43 bits per heavy atom. The van der Waals surface area contributed by atoms with Gasteiger partial charge >= 0.3 is 0 Å². The van der Waals surface area contributed by atoms with Gasteiger partial charge in [0.15, 0.2) is 0 Å². The highest BCUT2D eigenvalue weighted by atomic mass is 35.5. The second-order valence-electron chi connectivity index (χ2n) is 4.21. The van der Waals surface area contributed by atoms with E-state index in [0.717, 1.165) is 0 Å². The number of amides is 1. The number of hydrogen-bond donors (Lipinski definition) is 1. The maximum Gasteiger partial charge on any atom is 0.271 e. The zero-order valence-electron chi connectivity index (χ0n) is 10.8. The van der Waals surface area contributed by atoms with Crippen molar-refractivity contribution in [1.82, 2.24) is 9.78 Å². The summed E-state index contributed by atoms with van der Waals surface area (Å²) in [6.07, 6.45) is 1.44. The van der Waals surface area contributed by atoms with Crippen LogP contribution in [0.25, 0.3) is 0 Å². The highest BCUT2D eigenvalue weighted by Crippen LogP contribution is 2.26. The minimum Gasteiger partial charge on any atom is -0.323 e. The van der Waals surface area contributed by atoms with Gasteiger partial charge in [0.2, 0.25) is 5.91 Å². The molecule has 0 aliphatic rings. The number of nitrogens with zero attached hydrogens (tertiary/aromatic N) is 3. The molecule has 0 fully saturated rings. The molecule has 110 valence electrons. The minimum atomic E-state index is -0.566. The third kappa shape index (κ3) is 3.50. The highest BCUT2D eigenvalue weighted by Gasteiger charge is 2.13. The Balaban J connectivity index is 2.14. The number of rotatable bonds is 4. The van der Waals surface area contributed by atoms with Crippen LogP contribution in [-0.4, -0.2) is 20.6 Å². The van der Waals surface area contributed by atoms with E-state index in [0.29, 0.717) is 10.7 Å². The lowest BCUT2D eigenvalue weighted by atomic mass is 10.2. The van der Waals surface area contributed by atoms with Crippen LogP contribution >= 0.6 is 23.2 Å². The number of aromatic nitrogens is 2. The molecule has 1 aromatic heterocycles. The Morgan fingerprint density at radius 3 is 2.71 bits per heavy atom. The van der Waals surface area contributed by atoms with E-state index in [-0.39, 0.29) is 22.9 Å². The molecule has 2 aromatic rings. The number of nitro benzene ring substituents is 1. The predicted molar refractivity (Wildman–Crippen MR) is 78.7 cm³/mol. The third-order valence-corrected chi connectivity index (χ3v) is 3.47. The largest absolute Gasteiger partial charge is 0.323 e. The number of hydrogen-bond acceptors (Lipinski definition) is 4. The maximum absolute atomic E-state index is 11.9. The average Bonchev–Trinajstić information content (AvgIpc) is 2.73. The summed E-state index contributed by atoms with van der Waals surface area (Å²) in [6, 6.07) is 3.81. The Bertz CT molecular complexity index is 715. The van der Waals surface area contributed by atoms with Crippen LogP contribution in [0.1, 0.15) is 5.69 Å². The molecule has 0 aliphatic heterocycles. The van der Waals surface area contributed by atoms with Gasteiger partial charge in [-0.1, -0.05) is 23.2 Å². The molecule has 0 saturated carbocycles. The van der Waals surface area contributed by atoms with Gasteiger partial charge in [-0.3, -0.25) is 19.6 Å². The fraction of sp³-hybridized carbons (Fsp3) is 0.167. The van der Waals surface area contributed by atoms with E-state index in [1.165, 1.54) is 29.1 Å². The lowest BCUT2D eigenvalue weighted by Gasteiger charge is -2.08. The smallest absolute Gasteiger partial charge is 0.271 e. The maximum atomic E-state index is 11.9. The van der Waals surface area contributed by atoms with Crippen LogP contribution in [0.15, 0.2) is 24.4 Å². The van der Waals surface area contributed by atoms with Crippen LogP contribution in [0.3, 0.4) is 0 Å². The fourth-order valence-electron chi connectivity index (χ4n) is 1.63. The standard InChI is InChI=1S/C12H10Cl2N4O3/c1-7-10(14)5-15-17(7)6-12(19)16-11-4-8(18(20)21)2-3-9(11)13/h2-5H,6H2,1H3,(H,16,19). The van der Waals surface area contributed by atoms with Crippen LogP contribution in [0.5, 0.6) is 0 Å². The van der Waals surface area contributed by atoms with Crippen LogP contribution in [0.4, 0.5) is 11.4 Å². The topological polar surface area (TPSA) is 90.1 Å². The molecule has 0 radical (unpaired) electrons. The predicted octanol–water partition coefficient (Wildman–Crippen LogP) is 3.05. The molecule has 1 amide bonds. The average molecular weight is 329 g/mol.